The van der Waals surface area contributed by atoms with E-state index in [4.69, 9.17) is 11.6 Å². The van der Waals surface area contributed by atoms with E-state index in [2.05, 4.69) is 21.0 Å². The second-order valence-corrected chi connectivity index (χ2v) is 7.15. The van der Waals surface area contributed by atoms with Gasteiger partial charge >= 0.3 is 0 Å². The van der Waals surface area contributed by atoms with E-state index >= 15 is 0 Å². The Morgan fingerprint density at radius 2 is 1.89 bits per heavy atom. The average molecular weight is 380 g/mol. The smallest absolute Gasteiger partial charge is 0.216 e. The van der Waals surface area contributed by atoms with Crippen LogP contribution in [0.15, 0.2) is 54.9 Å². The lowest BCUT2D eigenvalue weighted by Crippen LogP contribution is -2.01. The molecule has 27 heavy (non-hydrogen) atoms. The van der Waals surface area contributed by atoms with Gasteiger partial charge in [0.15, 0.2) is 0 Å². The third-order valence-electron chi connectivity index (χ3n) is 4.73. The minimum atomic E-state index is -0.415. The minimum Gasteiger partial charge on any atom is -0.346 e. The van der Waals surface area contributed by atoms with Crippen molar-refractivity contribution in [2.24, 2.45) is 0 Å². The highest BCUT2D eigenvalue weighted by Crippen LogP contribution is 2.22. The Morgan fingerprint density at radius 1 is 1.04 bits per heavy atom. The molecular weight excluding hydrogens is 361 g/mol. The molecule has 1 aromatic carbocycles. The number of pyridine rings is 2. The van der Waals surface area contributed by atoms with Gasteiger partial charge < -0.3 is 4.98 Å². The van der Waals surface area contributed by atoms with Gasteiger partial charge in [0.1, 0.15) is 5.65 Å². The van der Waals surface area contributed by atoms with Crippen molar-refractivity contribution in [2.75, 3.05) is 0 Å². The van der Waals surface area contributed by atoms with Crippen molar-refractivity contribution in [3.63, 3.8) is 0 Å². The van der Waals surface area contributed by atoms with E-state index in [0.29, 0.717) is 18.4 Å². The summed E-state index contributed by atoms with van der Waals surface area (Å²) in [6.07, 6.45) is 5.57. The molecule has 4 rings (SSSR count). The number of halogens is 2. The molecule has 0 radical (unpaired) electrons. The lowest BCUT2D eigenvalue weighted by Gasteiger charge is -2.07. The van der Waals surface area contributed by atoms with Crippen LogP contribution in [0.3, 0.4) is 0 Å². The number of rotatable bonds is 5. The van der Waals surface area contributed by atoms with Crippen LogP contribution in [0, 0.1) is 12.9 Å². The first-order valence-corrected chi connectivity index (χ1v) is 9.28. The van der Waals surface area contributed by atoms with Crippen molar-refractivity contribution in [2.45, 2.75) is 26.2 Å². The minimum absolute atomic E-state index is 0.415. The van der Waals surface area contributed by atoms with Crippen LogP contribution in [0.4, 0.5) is 4.39 Å². The zero-order valence-corrected chi connectivity index (χ0v) is 15.7. The molecule has 0 bridgehead atoms. The van der Waals surface area contributed by atoms with Crippen molar-refractivity contribution in [1.29, 1.82) is 0 Å². The summed E-state index contributed by atoms with van der Waals surface area (Å²) in [5.74, 6) is -0.415. The van der Waals surface area contributed by atoms with Crippen molar-refractivity contribution >= 4 is 22.6 Å². The van der Waals surface area contributed by atoms with Crippen molar-refractivity contribution < 1.29 is 4.39 Å². The fourth-order valence-corrected chi connectivity index (χ4v) is 3.48. The van der Waals surface area contributed by atoms with Crippen molar-refractivity contribution in [1.82, 2.24) is 15.0 Å². The first-order valence-electron chi connectivity index (χ1n) is 8.90. The van der Waals surface area contributed by atoms with E-state index in [0.717, 1.165) is 44.9 Å². The summed E-state index contributed by atoms with van der Waals surface area (Å²) in [7, 11) is 0. The summed E-state index contributed by atoms with van der Waals surface area (Å²) in [5.41, 5.74) is 5.28. The van der Waals surface area contributed by atoms with E-state index < -0.39 is 5.95 Å². The second kappa shape index (κ2) is 7.49. The molecular formula is C22H19ClFN3. The first-order chi connectivity index (χ1) is 13.1. The van der Waals surface area contributed by atoms with Crippen molar-refractivity contribution in [3.05, 3.63) is 93.8 Å². The predicted molar refractivity (Wildman–Crippen MR) is 107 cm³/mol. The Balaban J connectivity index is 1.51. The molecule has 0 amide bonds. The molecule has 0 fully saturated rings. The van der Waals surface area contributed by atoms with Gasteiger partial charge in [0.05, 0.1) is 0 Å². The molecule has 4 aromatic rings. The average Bonchev–Trinajstić information content (AvgIpc) is 3.05. The molecule has 3 heterocycles. The molecule has 0 atom stereocenters. The zero-order chi connectivity index (χ0) is 18.8. The van der Waals surface area contributed by atoms with Crippen LogP contribution < -0.4 is 0 Å². The second-order valence-electron chi connectivity index (χ2n) is 6.74. The number of aromatic nitrogens is 3. The normalized spacial score (nSPS) is 11.2. The van der Waals surface area contributed by atoms with Crippen LogP contribution in [0.1, 0.15) is 27.9 Å². The summed E-state index contributed by atoms with van der Waals surface area (Å²) in [5, 5.41) is 1.76. The molecule has 3 aromatic heterocycles. The largest absolute Gasteiger partial charge is 0.346 e. The Labute approximate surface area is 162 Å². The summed E-state index contributed by atoms with van der Waals surface area (Å²) in [6, 6.07) is 13.5. The number of benzene rings is 1. The highest BCUT2D eigenvalue weighted by Gasteiger charge is 2.11. The lowest BCUT2D eigenvalue weighted by atomic mass is 10.0. The number of aromatic amines is 1. The Bertz CT molecular complexity index is 1100. The van der Waals surface area contributed by atoms with E-state index in [1.165, 1.54) is 0 Å². The Morgan fingerprint density at radius 3 is 2.70 bits per heavy atom. The molecule has 0 unspecified atom stereocenters. The molecule has 1 N–H and O–H groups in total. The van der Waals surface area contributed by atoms with E-state index in [1.54, 1.807) is 0 Å². The van der Waals surface area contributed by atoms with Crippen LogP contribution in [0.2, 0.25) is 5.02 Å². The van der Waals surface area contributed by atoms with Gasteiger partial charge in [0.2, 0.25) is 5.95 Å². The van der Waals surface area contributed by atoms with Crippen LogP contribution in [-0.4, -0.2) is 15.0 Å². The van der Waals surface area contributed by atoms with Gasteiger partial charge in [-0.2, -0.15) is 4.39 Å². The summed E-state index contributed by atoms with van der Waals surface area (Å²) in [6.45, 7) is 2.00. The maximum Gasteiger partial charge on any atom is 0.216 e. The van der Waals surface area contributed by atoms with Gasteiger partial charge in [0.25, 0.3) is 0 Å². The predicted octanol–water partition coefficient (Wildman–Crippen LogP) is 5.43. The molecule has 0 spiro atoms. The molecule has 5 heteroatoms. The van der Waals surface area contributed by atoms with Crippen molar-refractivity contribution in [3.8, 4) is 0 Å². The molecule has 0 aliphatic rings. The van der Waals surface area contributed by atoms with Crippen LogP contribution in [0.25, 0.3) is 11.0 Å². The maximum atomic E-state index is 14.6. The monoisotopic (exact) mass is 379 g/mol. The topological polar surface area (TPSA) is 41.6 Å². The van der Waals surface area contributed by atoms with Crippen LogP contribution >= 0.6 is 11.6 Å². The standard InChI is InChI=1S/C22H19ClFN3/c1-14-10-19-17(13-26-22(19)25-12-14)11-16-7-9-18(27-21(16)24)8-6-15-4-2-3-5-20(15)23/h2-5,7,9-10,12-13H,6,8,11H2,1H3,(H,25,26). The summed E-state index contributed by atoms with van der Waals surface area (Å²) < 4.78 is 14.6. The lowest BCUT2D eigenvalue weighted by molar-refractivity contribution is 0.563. The summed E-state index contributed by atoms with van der Waals surface area (Å²) in [4.78, 5) is 11.7. The maximum absolute atomic E-state index is 14.6. The SMILES string of the molecule is Cc1cnc2[nH]cc(Cc3ccc(CCc4ccccc4Cl)nc3F)c2c1. The number of hydrogen-bond acceptors (Lipinski definition) is 2. The van der Waals surface area contributed by atoms with Gasteiger partial charge in [-0.3, -0.25) is 0 Å². The Kier molecular flexibility index (Phi) is 4.90. The molecule has 136 valence electrons. The third kappa shape index (κ3) is 3.86. The van der Waals surface area contributed by atoms with Gasteiger partial charge in [-0.1, -0.05) is 35.9 Å². The highest BCUT2D eigenvalue weighted by atomic mass is 35.5. The molecule has 0 aliphatic heterocycles. The number of hydrogen-bond donors (Lipinski definition) is 1. The van der Waals surface area contributed by atoms with Gasteiger partial charge in [-0.15, -0.1) is 0 Å². The Hall–Kier alpha value is -2.72. The zero-order valence-electron chi connectivity index (χ0n) is 15.0. The first kappa shape index (κ1) is 17.7. The molecule has 0 aliphatic carbocycles. The number of fused-ring (bicyclic) bond motifs is 1. The van der Waals surface area contributed by atoms with E-state index in [1.807, 2.05) is 55.7 Å². The number of nitrogens with one attached hydrogen (secondary N) is 1. The highest BCUT2D eigenvalue weighted by molar-refractivity contribution is 6.31. The van der Waals surface area contributed by atoms with Gasteiger partial charge in [-0.25, -0.2) is 9.97 Å². The number of H-pyrrole nitrogens is 1. The summed E-state index contributed by atoms with van der Waals surface area (Å²) >= 11 is 6.18. The third-order valence-corrected chi connectivity index (χ3v) is 5.10. The van der Waals surface area contributed by atoms with Gasteiger partial charge in [-0.05, 0) is 54.7 Å². The molecule has 0 saturated heterocycles. The molecule has 0 saturated carbocycles. The quantitative estimate of drug-likeness (QED) is 0.469. The fourth-order valence-electron chi connectivity index (χ4n) is 3.25. The van der Waals surface area contributed by atoms with Crippen LogP contribution in [-0.2, 0) is 19.3 Å². The number of aryl methyl sites for hydroxylation is 3. The van der Waals surface area contributed by atoms with E-state index in [9.17, 15) is 4.39 Å². The van der Waals surface area contributed by atoms with Crippen LogP contribution in [0.5, 0.6) is 0 Å². The number of nitrogens with zero attached hydrogens (tertiary/aromatic N) is 2. The fraction of sp³-hybridized carbons (Fsp3) is 0.182. The van der Waals surface area contributed by atoms with Gasteiger partial charge in [0, 0.05) is 40.5 Å². The molecule has 3 nitrogen and oxygen atoms in total. The van der Waals surface area contributed by atoms with E-state index in [-0.39, 0.29) is 0 Å².